The molecule has 2 heterocycles. The Labute approximate surface area is 188 Å². The van der Waals surface area contributed by atoms with Gasteiger partial charge in [0.15, 0.2) is 6.10 Å². The fraction of sp³-hybridized carbons (Fsp3) is 0.261. The van der Waals surface area contributed by atoms with E-state index >= 15 is 0 Å². The number of fused-ring (bicyclic) bond motifs is 1. The summed E-state index contributed by atoms with van der Waals surface area (Å²) in [5, 5.41) is 14.4. The molecule has 0 radical (unpaired) electrons. The molecular weight excluding hydrogens is 436 g/mol. The molecule has 4 aromatic rings. The van der Waals surface area contributed by atoms with Gasteiger partial charge in [-0.2, -0.15) is 4.98 Å². The van der Waals surface area contributed by atoms with Gasteiger partial charge >= 0.3 is 5.97 Å². The van der Waals surface area contributed by atoms with E-state index in [1.54, 1.807) is 43.3 Å². The average Bonchev–Trinajstić information content (AvgIpc) is 3.43. The zero-order chi connectivity index (χ0) is 22.8. The van der Waals surface area contributed by atoms with E-state index in [1.165, 1.54) is 6.26 Å². The zero-order valence-corrected chi connectivity index (χ0v) is 18.4. The van der Waals surface area contributed by atoms with Gasteiger partial charge in [-0.1, -0.05) is 23.7 Å². The summed E-state index contributed by atoms with van der Waals surface area (Å²) in [6.45, 7) is 5.59. The SMILES string of the molecule is CCC(Oc1ccc(-c2noc(-c3ccc(OC(C)C)c(Cl)c3)n2)c2occc12)C(=O)O. The lowest BCUT2D eigenvalue weighted by molar-refractivity contribution is -0.145. The summed E-state index contributed by atoms with van der Waals surface area (Å²) in [5.74, 6) is 0.553. The smallest absolute Gasteiger partial charge is 0.344 e. The van der Waals surface area contributed by atoms with Gasteiger partial charge in [-0.3, -0.25) is 0 Å². The van der Waals surface area contributed by atoms with E-state index < -0.39 is 12.1 Å². The van der Waals surface area contributed by atoms with Gasteiger partial charge in [0, 0.05) is 5.56 Å². The van der Waals surface area contributed by atoms with Crippen molar-refractivity contribution in [3.63, 3.8) is 0 Å². The van der Waals surface area contributed by atoms with Crippen LogP contribution in [0.3, 0.4) is 0 Å². The normalized spacial score (nSPS) is 12.3. The van der Waals surface area contributed by atoms with Crippen molar-refractivity contribution in [1.82, 2.24) is 10.1 Å². The standard InChI is InChI=1S/C23H21ClN2O6/c1-4-17(23(27)28)31-18-8-6-15(20-14(18)9-10-29-20)21-25-22(32-26-21)13-5-7-19(16(24)11-13)30-12(2)3/h5-12,17H,4H2,1-3H3,(H,27,28). The molecule has 0 saturated heterocycles. The number of halogens is 1. The fourth-order valence-corrected chi connectivity index (χ4v) is 3.44. The molecule has 0 amide bonds. The molecule has 4 rings (SSSR count). The summed E-state index contributed by atoms with van der Waals surface area (Å²) in [6.07, 6.45) is 0.868. The molecule has 32 heavy (non-hydrogen) atoms. The van der Waals surface area contributed by atoms with E-state index in [1.807, 2.05) is 13.8 Å². The Morgan fingerprint density at radius 3 is 2.62 bits per heavy atom. The van der Waals surface area contributed by atoms with Crippen LogP contribution in [-0.2, 0) is 4.79 Å². The number of ether oxygens (including phenoxy) is 2. The Kier molecular flexibility index (Phi) is 6.05. The first kappa shape index (κ1) is 21.7. The van der Waals surface area contributed by atoms with Crippen molar-refractivity contribution in [2.75, 3.05) is 0 Å². The van der Waals surface area contributed by atoms with Gasteiger partial charge in [-0.25, -0.2) is 4.79 Å². The third-order valence-electron chi connectivity index (χ3n) is 4.70. The summed E-state index contributed by atoms with van der Waals surface area (Å²) >= 11 is 6.32. The Morgan fingerprint density at radius 2 is 1.94 bits per heavy atom. The topological polar surface area (TPSA) is 108 Å². The molecule has 0 aliphatic carbocycles. The Bertz CT molecular complexity index is 1260. The van der Waals surface area contributed by atoms with Crippen LogP contribution in [0.1, 0.15) is 27.2 Å². The number of furan rings is 1. The highest BCUT2D eigenvalue weighted by Gasteiger charge is 2.22. The molecule has 9 heteroatoms. The lowest BCUT2D eigenvalue weighted by atomic mass is 10.1. The summed E-state index contributed by atoms with van der Waals surface area (Å²) in [7, 11) is 0. The first-order valence-corrected chi connectivity index (χ1v) is 10.5. The zero-order valence-electron chi connectivity index (χ0n) is 17.7. The molecule has 1 atom stereocenters. The number of carbonyl (C=O) groups is 1. The van der Waals surface area contributed by atoms with Crippen LogP contribution in [0.15, 0.2) is 51.6 Å². The number of aromatic nitrogens is 2. The van der Waals surface area contributed by atoms with Gasteiger partial charge in [-0.15, -0.1) is 0 Å². The van der Waals surface area contributed by atoms with Crippen LogP contribution in [0.5, 0.6) is 11.5 Å². The van der Waals surface area contributed by atoms with Gasteiger partial charge in [0.1, 0.15) is 17.1 Å². The van der Waals surface area contributed by atoms with Crippen molar-refractivity contribution in [1.29, 1.82) is 0 Å². The number of aliphatic carboxylic acids is 1. The number of nitrogens with zero attached hydrogens (tertiary/aromatic N) is 2. The van der Waals surface area contributed by atoms with Crippen LogP contribution >= 0.6 is 11.6 Å². The highest BCUT2D eigenvalue weighted by molar-refractivity contribution is 6.32. The van der Waals surface area contributed by atoms with E-state index in [0.29, 0.717) is 50.9 Å². The van der Waals surface area contributed by atoms with Crippen molar-refractivity contribution < 1.29 is 28.3 Å². The second kappa shape index (κ2) is 8.92. The molecule has 2 aromatic carbocycles. The van der Waals surface area contributed by atoms with Crippen LogP contribution in [-0.4, -0.2) is 33.4 Å². The summed E-state index contributed by atoms with van der Waals surface area (Å²) < 4.78 is 22.4. The first-order chi connectivity index (χ1) is 15.4. The molecule has 2 aromatic heterocycles. The molecule has 1 unspecified atom stereocenters. The summed E-state index contributed by atoms with van der Waals surface area (Å²) in [6, 6.07) is 10.3. The quantitative estimate of drug-likeness (QED) is 0.352. The van der Waals surface area contributed by atoms with Crippen LogP contribution in [0.25, 0.3) is 33.8 Å². The highest BCUT2D eigenvalue weighted by atomic mass is 35.5. The molecule has 0 fully saturated rings. The van der Waals surface area contributed by atoms with Gasteiger partial charge in [0.05, 0.1) is 28.3 Å². The number of hydrogen-bond acceptors (Lipinski definition) is 7. The maximum atomic E-state index is 11.3. The minimum absolute atomic E-state index is 0.000818. The van der Waals surface area contributed by atoms with Crippen molar-refractivity contribution in [2.45, 2.75) is 39.4 Å². The third-order valence-corrected chi connectivity index (χ3v) is 5.00. The maximum Gasteiger partial charge on any atom is 0.344 e. The minimum Gasteiger partial charge on any atom is -0.489 e. The number of benzene rings is 2. The number of carboxylic acids is 1. The van der Waals surface area contributed by atoms with Crippen LogP contribution in [0.2, 0.25) is 5.02 Å². The lowest BCUT2D eigenvalue weighted by Crippen LogP contribution is -2.25. The van der Waals surface area contributed by atoms with Gasteiger partial charge in [0.25, 0.3) is 5.89 Å². The van der Waals surface area contributed by atoms with Crippen molar-refractivity contribution in [3.05, 3.63) is 47.7 Å². The summed E-state index contributed by atoms with van der Waals surface area (Å²) in [4.78, 5) is 15.8. The molecule has 0 aliphatic heterocycles. The Balaban J connectivity index is 1.66. The number of carboxylic acid groups (broad SMARTS) is 1. The van der Waals surface area contributed by atoms with E-state index in [-0.39, 0.29) is 12.0 Å². The van der Waals surface area contributed by atoms with Crippen LogP contribution in [0, 0.1) is 0 Å². The van der Waals surface area contributed by atoms with Gasteiger partial charge in [0.2, 0.25) is 5.82 Å². The molecular formula is C23H21ClN2O6. The van der Waals surface area contributed by atoms with E-state index in [0.717, 1.165) is 0 Å². The van der Waals surface area contributed by atoms with Crippen molar-refractivity contribution in [2.24, 2.45) is 0 Å². The molecule has 166 valence electrons. The van der Waals surface area contributed by atoms with E-state index in [4.69, 9.17) is 30.0 Å². The van der Waals surface area contributed by atoms with Crippen molar-refractivity contribution >= 4 is 28.5 Å². The maximum absolute atomic E-state index is 11.3. The second-order valence-corrected chi connectivity index (χ2v) is 7.77. The Hall–Kier alpha value is -3.52. The Morgan fingerprint density at radius 1 is 1.16 bits per heavy atom. The third kappa shape index (κ3) is 4.27. The van der Waals surface area contributed by atoms with Crippen LogP contribution < -0.4 is 9.47 Å². The lowest BCUT2D eigenvalue weighted by Gasteiger charge is -2.14. The second-order valence-electron chi connectivity index (χ2n) is 7.36. The fourth-order valence-electron chi connectivity index (χ4n) is 3.21. The molecule has 1 N–H and O–H groups in total. The molecule has 8 nitrogen and oxygen atoms in total. The molecule has 0 bridgehead atoms. The number of rotatable bonds is 8. The predicted octanol–water partition coefficient (Wildman–Crippen LogP) is 5.83. The molecule has 0 aliphatic rings. The monoisotopic (exact) mass is 456 g/mol. The average molecular weight is 457 g/mol. The first-order valence-electron chi connectivity index (χ1n) is 10.1. The summed E-state index contributed by atoms with van der Waals surface area (Å²) in [5.41, 5.74) is 1.70. The highest BCUT2D eigenvalue weighted by Crippen LogP contribution is 2.36. The van der Waals surface area contributed by atoms with Crippen LogP contribution in [0.4, 0.5) is 0 Å². The largest absolute Gasteiger partial charge is 0.489 e. The minimum atomic E-state index is -1.03. The van der Waals surface area contributed by atoms with Crippen molar-refractivity contribution in [3.8, 4) is 34.3 Å². The molecule has 0 spiro atoms. The van der Waals surface area contributed by atoms with E-state index in [2.05, 4.69) is 10.1 Å². The van der Waals surface area contributed by atoms with Gasteiger partial charge < -0.3 is 23.5 Å². The van der Waals surface area contributed by atoms with E-state index in [9.17, 15) is 9.90 Å². The predicted molar refractivity (Wildman–Crippen MR) is 118 cm³/mol. The number of hydrogen-bond donors (Lipinski definition) is 1. The molecule has 0 saturated carbocycles. The van der Waals surface area contributed by atoms with Gasteiger partial charge in [-0.05, 0) is 56.7 Å².